The zero-order valence-corrected chi connectivity index (χ0v) is 31.3. The van der Waals surface area contributed by atoms with Crippen LogP contribution in [0.5, 0.6) is 0 Å². The van der Waals surface area contributed by atoms with Crippen LogP contribution in [0.1, 0.15) is 0 Å². The lowest BCUT2D eigenvalue weighted by Gasteiger charge is -2.20. The topological polar surface area (TPSA) is 35.6 Å². The lowest BCUT2D eigenvalue weighted by atomic mass is 10.0. The summed E-state index contributed by atoms with van der Waals surface area (Å²) in [6, 6.07) is 66.1. The van der Waals surface area contributed by atoms with Crippen molar-refractivity contribution in [2.45, 2.75) is 9.79 Å². The molecule has 5 heteroatoms. The van der Waals surface area contributed by atoms with Crippen LogP contribution in [-0.2, 0) is 0 Å². The summed E-state index contributed by atoms with van der Waals surface area (Å²) in [4.78, 5) is 13.1. The highest BCUT2D eigenvalue weighted by Crippen LogP contribution is 2.47. The number of aromatic nitrogens is 4. The van der Waals surface area contributed by atoms with Crippen LogP contribution < -0.4 is 0 Å². The molecule has 0 saturated heterocycles. The molecule has 0 unspecified atom stereocenters. The molecule has 12 aromatic rings. The molecule has 0 N–H and O–H groups in total. The lowest BCUT2D eigenvalue weighted by molar-refractivity contribution is 1.01. The minimum absolute atomic E-state index is 0.681. The van der Waals surface area contributed by atoms with Crippen LogP contribution in [0.2, 0.25) is 0 Å². The van der Waals surface area contributed by atoms with Crippen LogP contribution in [0.3, 0.4) is 0 Å². The number of fused-ring (bicyclic) bond motifs is 11. The Morgan fingerprint density at radius 3 is 2.00 bits per heavy atom. The Bertz CT molecular complexity index is 3680. The van der Waals surface area contributed by atoms with E-state index in [-0.39, 0.29) is 0 Å². The number of hydrogen-bond donors (Lipinski definition) is 0. The van der Waals surface area contributed by atoms with Crippen LogP contribution in [0.4, 0.5) is 0 Å². The van der Waals surface area contributed by atoms with Crippen LogP contribution in [0.25, 0.3) is 110 Å². The molecule has 0 bridgehead atoms. The van der Waals surface area contributed by atoms with E-state index in [9.17, 15) is 0 Å². The minimum Gasteiger partial charge on any atom is -0.308 e. The Morgan fingerprint density at radius 2 is 1.07 bits per heavy atom. The first-order valence-electron chi connectivity index (χ1n) is 19.3. The maximum atomic E-state index is 5.41. The van der Waals surface area contributed by atoms with E-state index in [1.54, 1.807) is 11.8 Å². The second-order valence-corrected chi connectivity index (χ2v) is 16.0. The van der Waals surface area contributed by atoms with Gasteiger partial charge in [0.15, 0.2) is 0 Å². The molecule has 3 aromatic heterocycles. The third kappa shape index (κ3) is 4.40. The molecule has 57 heavy (non-hydrogen) atoms. The van der Waals surface area contributed by atoms with Gasteiger partial charge in [-0.1, -0.05) is 145 Å². The number of nitrogens with zero attached hydrogens (tertiary/aromatic N) is 4. The van der Waals surface area contributed by atoms with Crippen molar-refractivity contribution in [1.82, 2.24) is 19.1 Å². The highest BCUT2D eigenvalue weighted by Gasteiger charge is 2.24. The van der Waals surface area contributed by atoms with Crippen LogP contribution in [-0.4, -0.2) is 19.1 Å². The van der Waals surface area contributed by atoms with Gasteiger partial charge in [0, 0.05) is 53.1 Å². The molecule has 0 atom stereocenters. The Balaban J connectivity index is 1.06. The molecule has 13 rings (SSSR count). The molecule has 0 saturated carbocycles. The highest BCUT2D eigenvalue weighted by molar-refractivity contribution is 7.99. The van der Waals surface area contributed by atoms with E-state index in [0.717, 1.165) is 44.3 Å². The summed E-state index contributed by atoms with van der Waals surface area (Å²) in [6.07, 6.45) is 0. The normalized spacial score (nSPS) is 12.5. The summed E-state index contributed by atoms with van der Waals surface area (Å²) >= 11 is 1.80. The van der Waals surface area contributed by atoms with Gasteiger partial charge in [-0.15, -0.1) is 0 Å². The quantitative estimate of drug-likeness (QED) is 0.181. The first-order chi connectivity index (χ1) is 28.3. The van der Waals surface area contributed by atoms with Crippen molar-refractivity contribution in [2.24, 2.45) is 0 Å². The van der Waals surface area contributed by atoms with Crippen molar-refractivity contribution in [3.63, 3.8) is 0 Å². The molecule has 4 nitrogen and oxygen atoms in total. The Morgan fingerprint density at radius 1 is 0.404 bits per heavy atom. The first kappa shape index (κ1) is 31.0. The van der Waals surface area contributed by atoms with Crippen LogP contribution in [0, 0.1) is 0 Å². The van der Waals surface area contributed by atoms with Crippen molar-refractivity contribution in [2.75, 3.05) is 0 Å². The Kier molecular flexibility index (Phi) is 6.35. The van der Waals surface area contributed by atoms with E-state index in [2.05, 4.69) is 191 Å². The zero-order chi connectivity index (χ0) is 37.2. The standard InChI is InChI=1S/C52H30N4S/c1-3-14-35-31(11-1)13-9-20-43(35)55-45-28-25-33(29-41(45)39-27-23-32-12-2-4-15-36(32)51(39)55)34-24-26-38-37-16-5-7-19-44(37)56(46(38)30-34)52-53-42-18-10-22-48-49(42)50(54-52)40-17-6-8-21-47(40)57-48/h1-30H. The fourth-order valence-corrected chi connectivity index (χ4v) is 10.5. The van der Waals surface area contributed by atoms with Crippen molar-refractivity contribution in [3.8, 4) is 34.0 Å². The van der Waals surface area contributed by atoms with Gasteiger partial charge in [0.25, 0.3) is 0 Å². The summed E-state index contributed by atoms with van der Waals surface area (Å²) in [5, 5.41) is 10.9. The second-order valence-electron chi connectivity index (χ2n) is 15.0. The maximum absolute atomic E-state index is 5.41. The average molecular weight is 743 g/mol. The maximum Gasteiger partial charge on any atom is 0.235 e. The largest absolute Gasteiger partial charge is 0.308 e. The van der Waals surface area contributed by atoms with E-state index in [4.69, 9.17) is 9.97 Å². The zero-order valence-electron chi connectivity index (χ0n) is 30.5. The van der Waals surface area contributed by atoms with E-state index >= 15 is 0 Å². The van der Waals surface area contributed by atoms with E-state index in [1.165, 1.54) is 69.6 Å². The molecule has 1 aliphatic heterocycles. The van der Waals surface area contributed by atoms with E-state index < -0.39 is 0 Å². The fraction of sp³-hybridized carbons (Fsp3) is 0. The number of para-hydroxylation sites is 1. The van der Waals surface area contributed by atoms with Gasteiger partial charge in [-0.05, 0) is 70.4 Å². The smallest absolute Gasteiger partial charge is 0.235 e. The van der Waals surface area contributed by atoms with Crippen molar-refractivity contribution < 1.29 is 0 Å². The molecule has 0 radical (unpaired) electrons. The fourth-order valence-electron chi connectivity index (χ4n) is 9.37. The SMILES string of the molecule is c1ccc2c(c1)Sc1cccc3nc(-n4c5ccccc5c5ccc(-c6ccc7c(c6)c6ccc8ccccc8c6n7-c6cccc7ccccc67)cc54)nc-2c13. The second kappa shape index (κ2) is 11.7. The van der Waals surface area contributed by atoms with Crippen LogP contribution >= 0.6 is 11.8 Å². The van der Waals surface area contributed by atoms with Gasteiger partial charge in [-0.25, -0.2) is 9.97 Å². The van der Waals surface area contributed by atoms with Gasteiger partial charge in [-0.3, -0.25) is 4.57 Å². The monoisotopic (exact) mass is 742 g/mol. The Hall–Kier alpha value is -7.21. The molecular formula is C52H30N4S. The highest BCUT2D eigenvalue weighted by atomic mass is 32.2. The van der Waals surface area contributed by atoms with Crippen molar-refractivity contribution in [3.05, 3.63) is 182 Å². The van der Waals surface area contributed by atoms with Crippen molar-refractivity contribution in [1.29, 1.82) is 0 Å². The molecule has 0 amide bonds. The molecule has 0 fully saturated rings. The molecule has 0 aliphatic carbocycles. The Labute approximate surface area is 331 Å². The number of hydrogen-bond acceptors (Lipinski definition) is 3. The molecule has 0 spiro atoms. The molecule has 264 valence electrons. The summed E-state index contributed by atoms with van der Waals surface area (Å²) in [5.41, 5.74) is 11.2. The third-order valence-corrected chi connectivity index (χ3v) is 13.0. The predicted octanol–water partition coefficient (Wildman–Crippen LogP) is 13.9. The van der Waals surface area contributed by atoms with Crippen molar-refractivity contribution >= 4 is 87.8 Å². The van der Waals surface area contributed by atoms with Gasteiger partial charge >= 0.3 is 0 Å². The van der Waals surface area contributed by atoms with Gasteiger partial charge in [-0.2, -0.15) is 0 Å². The van der Waals surface area contributed by atoms with Gasteiger partial charge in [0.1, 0.15) is 0 Å². The summed E-state index contributed by atoms with van der Waals surface area (Å²) in [5.74, 6) is 0.681. The first-order valence-corrected chi connectivity index (χ1v) is 20.1. The summed E-state index contributed by atoms with van der Waals surface area (Å²) < 4.78 is 4.74. The average Bonchev–Trinajstić information content (AvgIpc) is 3.78. The molecule has 1 aliphatic rings. The number of benzene rings is 9. The van der Waals surface area contributed by atoms with E-state index in [1.807, 2.05) is 0 Å². The number of rotatable bonds is 3. The van der Waals surface area contributed by atoms with Gasteiger partial charge < -0.3 is 4.57 Å². The van der Waals surface area contributed by atoms with Crippen LogP contribution in [0.15, 0.2) is 192 Å². The lowest BCUT2D eigenvalue weighted by Crippen LogP contribution is -2.05. The molecular weight excluding hydrogens is 713 g/mol. The van der Waals surface area contributed by atoms with Gasteiger partial charge in [0.2, 0.25) is 5.95 Å². The minimum atomic E-state index is 0.681. The molecule has 9 aromatic carbocycles. The summed E-state index contributed by atoms with van der Waals surface area (Å²) in [6.45, 7) is 0. The predicted molar refractivity (Wildman–Crippen MR) is 238 cm³/mol. The summed E-state index contributed by atoms with van der Waals surface area (Å²) in [7, 11) is 0. The van der Waals surface area contributed by atoms with Gasteiger partial charge in [0.05, 0.1) is 39.0 Å². The van der Waals surface area contributed by atoms with E-state index in [0.29, 0.717) is 5.95 Å². The molecule has 4 heterocycles. The third-order valence-electron chi connectivity index (χ3n) is 11.9.